The van der Waals surface area contributed by atoms with E-state index in [9.17, 15) is 4.79 Å². The Morgan fingerprint density at radius 1 is 0.800 bits per heavy atom. The molecule has 0 bridgehead atoms. The van der Waals surface area contributed by atoms with Crippen LogP contribution in [0.3, 0.4) is 0 Å². The van der Waals surface area contributed by atoms with Crippen molar-refractivity contribution < 1.29 is 4.79 Å². The van der Waals surface area contributed by atoms with Gasteiger partial charge in [0, 0.05) is 11.3 Å². The van der Waals surface area contributed by atoms with Crippen LogP contribution in [0.25, 0.3) is 10.8 Å². The van der Waals surface area contributed by atoms with Crippen molar-refractivity contribution in [1.82, 2.24) is 0 Å². The van der Waals surface area contributed by atoms with Gasteiger partial charge in [-0.15, -0.1) is 0 Å². The van der Waals surface area contributed by atoms with E-state index in [2.05, 4.69) is 23.5 Å². The smallest absolute Gasteiger partial charge is 0.255 e. The van der Waals surface area contributed by atoms with Gasteiger partial charge in [-0.2, -0.15) is 0 Å². The van der Waals surface area contributed by atoms with Gasteiger partial charge in [-0.25, -0.2) is 0 Å². The third kappa shape index (κ3) is 3.58. The highest BCUT2D eigenvalue weighted by molar-refractivity contribution is 6.06. The molecule has 2 heteroatoms. The summed E-state index contributed by atoms with van der Waals surface area (Å²) < 4.78 is 0. The first-order valence-corrected chi connectivity index (χ1v) is 9.20. The van der Waals surface area contributed by atoms with Crippen LogP contribution in [0, 0.1) is 0 Å². The average Bonchev–Trinajstić information content (AvgIpc) is 2.69. The topological polar surface area (TPSA) is 29.1 Å². The third-order valence-corrected chi connectivity index (χ3v) is 5.26. The highest BCUT2D eigenvalue weighted by atomic mass is 16.1. The second-order valence-corrected chi connectivity index (χ2v) is 6.97. The molecule has 0 aromatic heterocycles. The maximum absolute atomic E-state index is 12.5. The van der Waals surface area contributed by atoms with E-state index in [1.807, 2.05) is 48.5 Å². The van der Waals surface area contributed by atoms with Crippen molar-refractivity contribution in [2.45, 2.75) is 38.0 Å². The zero-order valence-corrected chi connectivity index (χ0v) is 14.4. The van der Waals surface area contributed by atoms with E-state index in [0.717, 1.165) is 16.5 Å². The fourth-order valence-corrected chi connectivity index (χ4v) is 3.81. The van der Waals surface area contributed by atoms with Crippen LogP contribution < -0.4 is 5.32 Å². The molecule has 1 saturated carbocycles. The molecule has 0 unspecified atom stereocenters. The largest absolute Gasteiger partial charge is 0.322 e. The number of amides is 1. The molecule has 4 rings (SSSR count). The SMILES string of the molecule is O=C(Nc1ccc(C2CCCCC2)cc1)c1ccc2ccccc2c1. The Labute approximate surface area is 148 Å². The predicted molar refractivity (Wildman–Crippen MR) is 104 cm³/mol. The Kier molecular flexibility index (Phi) is 4.51. The number of carbonyl (C=O) groups is 1. The summed E-state index contributed by atoms with van der Waals surface area (Å²) in [6.07, 6.45) is 6.64. The predicted octanol–water partition coefficient (Wildman–Crippen LogP) is 6.14. The lowest BCUT2D eigenvalue weighted by molar-refractivity contribution is 0.102. The summed E-state index contributed by atoms with van der Waals surface area (Å²) in [5, 5.41) is 5.25. The Hall–Kier alpha value is -2.61. The fourth-order valence-electron chi connectivity index (χ4n) is 3.81. The van der Waals surface area contributed by atoms with Crippen LogP contribution in [-0.4, -0.2) is 5.91 Å². The molecule has 3 aromatic carbocycles. The van der Waals surface area contributed by atoms with Crippen LogP contribution in [0.4, 0.5) is 5.69 Å². The van der Waals surface area contributed by atoms with Gasteiger partial charge in [0.15, 0.2) is 0 Å². The maximum Gasteiger partial charge on any atom is 0.255 e. The van der Waals surface area contributed by atoms with Crippen LogP contribution in [-0.2, 0) is 0 Å². The number of benzene rings is 3. The summed E-state index contributed by atoms with van der Waals surface area (Å²) in [7, 11) is 0. The van der Waals surface area contributed by atoms with E-state index in [1.54, 1.807) is 0 Å². The van der Waals surface area contributed by atoms with E-state index >= 15 is 0 Å². The van der Waals surface area contributed by atoms with Crippen molar-refractivity contribution in [2.24, 2.45) is 0 Å². The summed E-state index contributed by atoms with van der Waals surface area (Å²) >= 11 is 0. The number of fused-ring (bicyclic) bond motifs is 1. The van der Waals surface area contributed by atoms with Crippen molar-refractivity contribution >= 4 is 22.4 Å². The molecule has 1 fully saturated rings. The molecule has 0 spiro atoms. The molecular weight excluding hydrogens is 306 g/mol. The average molecular weight is 329 g/mol. The molecule has 0 atom stereocenters. The second-order valence-electron chi connectivity index (χ2n) is 6.97. The second kappa shape index (κ2) is 7.10. The standard InChI is InChI=1S/C23H23NO/c25-23(21-11-10-18-8-4-5-9-20(18)16-21)24-22-14-12-19(13-15-22)17-6-2-1-3-7-17/h4-5,8-17H,1-3,6-7H2,(H,24,25). The minimum Gasteiger partial charge on any atom is -0.322 e. The van der Waals surface area contributed by atoms with Gasteiger partial charge in [0.1, 0.15) is 0 Å². The molecule has 126 valence electrons. The molecule has 0 saturated heterocycles. The number of nitrogens with one attached hydrogen (secondary N) is 1. The number of rotatable bonds is 3. The van der Waals surface area contributed by atoms with E-state index < -0.39 is 0 Å². The van der Waals surface area contributed by atoms with Gasteiger partial charge in [0.05, 0.1) is 0 Å². The normalized spacial score (nSPS) is 15.2. The minimum atomic E-state index is -0.0591. The van der Waals surface area contributed by atoms with E-state index in [0.29, 0.717) is 11.5 Å². The van der Waals surface area contributed by atoms with E-state index in [4.69, 9.17) is 0 Å². The first kappa shape index (κ1) is 15.9. The van der Waals surface area contributed by atoms with Gasteiger partial charge in [0.25, 0.3) is 5.91 Å². The Balaban J connectivity index is 1.47. The molecule has 1 aliphatic carbocycles. The lowest BCUT2D eigenvalue weighted by atomic mass is 9.84. The summed E-state index contributed by atoms with van der Waals surface area (Å²) in [5.41, 5.74) is 2.95. The highest BCUT2D eigenvalue weighted by Gasteiger charge is 2.15. The molecule has 1 N–H and O–H groups in total. The van der Waals surface area contributed by atoms with Crippen molar-refractivity contribution in [3.8, 4) is 0 Å². The lowest BCUT2D eigenvalue weighted by Gasteiger charge is -2.22. The molecule has 1 aliphatic rings. The van der Waals surface area contributed by atoms with Gasteiger partial charge in [0.2, 0.25) is 0 Å². The number of hydrogen-bond donors (Lipinski definition) is 1. The maximum atomic E-state index is 12.5. The molecule has 25 heavy (non-hydrogen) atoms. The summed E-state index contributed by atoms with van der Waals surface area (Å²) in [6, 6.07) is 22.3. The van der Waals surface area contributed by atoms with E-state index in [-0.39, 0.29) is 5.91 Å². The third-order valence-electron chi connectivity index (χ3n) is 5.26. The van der Waals surface area contributed by atoms with Crippen LogP contribution >= 0.6 is 0 Å². The molecule has 1 amide bonds. The summed E-state index contributed by atoms with van der Waals surface area (Å²) in [5.74, 6) is 0.634. The quantitative estimate of drug-likeness (QED) is 0.614. The monoisotopic (exact) mass is 329 g/mol. The van der Waals surface area contributed by atoms with Gasteiger partial charge in [-0.3, -0.25) is 4.79 Å². The van der Waals surface area contributed by atoms with Gasteiger partial charge < -0.3 is 5.32 Å². The molecule has 0 heterocycles. The van der Waals surface area contributed by atoms with Gasteiger partial charge in [-0.05, 0) is 59.4 Å². The molecule has 2 nitrogen and oxygen atoms in total. The van der Waals surface area contributed by atoms with Crippen LogP contribution in [0.15, 0.2) is 66.7 Å². The molecule has 3 aromatic rings. The Bertz CT molecular complexity index is 876. The van der Waals surface area contributed by atoms with E-state index in [1.165, 1.54) is 37.7 Å². The van der Waals surface area contributed by atoms with Crippen molar-refractivity contribution in [3.05, 3.63) is 77.9 Å². The molecular formula is C23H23NO. The molecule has 0 radical (unpaired) electrons. The zero-order chi connectivity index (χ0) is 17.1. The number of hydrogen-bond acceptors (Lipinski definition) is 1. The van der Waals surface area contributed by atoms with Crippen LogP contribution in [0.5, 0.6) is 0 Å². The van der Waals surface area contributed by atoms with Crippen molar-refractivity contribution in [3.63, 3.8) is 0 Å². The van der Waals surface area contributed by atoms with Gasteiger partial charge in [-0.1, -0.05) is 61.7 Å². The lowest BCUT2D eigenvalue weighted by Crippen LogP contribution is -2.12. The van der Waals surface area contributed by atoms with Gasteiger partial charge >= 0.3 is 0 Å². The highest BCUT2D eigenvalue weighted by Crippen LogP contribution is 2.33. The van der Waals surface area contributed by atoms with Crippen molar-refractivity contribution in [1.29, 1.82) is 0 Å². The first-order chi connectivity index (χ1) is 12.3. The first-order valence-electron chi connectivity index (χ1n) is 9.20. The fraction of sp³-hybridized carbons (Fsp3) is 0.261. The minimum absolute atomic E-state index is 0.0591. The van der Waals surface area contributed by atoms with Crippen LogP contribution in [0.1, 0.15) is 53.9 Å². The zero-order valence-electron chi connectivity index (χ0n) is 14.4. The van der Waals surface area contributed by atoms with Crippen LogP contribution in [0.2, 0.25) is 0 Å². The van der Waals surface area contributed by atoms with Crippen molar-refractivity contribution in [2.75, 3.05) is 5.32 Å². The number of carbonyl (C=O) groups excluding carboxylic acids is 1. The summed E-state index contributed by atoms with van der Waals surface area (Å²) in [4.78, 5) is 12.5. The molecule has 0 aliphatic heterocycles. The Morgan fingerprint density at radius 2 is 1.52 bits per heavy atom. The Morgan fingerprint density at radius 3 is 2.28 bits per heavy atom. The summed E-state index contributed by atoms with van der Waals surface area (Å²) in [6.45, 7) is 0. The number of anilines is 1.